The van der Waals surface area contributed by atoms with Gasteiger partial charge in [-0.3, -0.25) is 0 Å². The van der Waals surface area contributed by atoms with E-state index >= 15 is 0 Å². The number of hydrogen-bond acceptors (Lipinski definition) is 3. The van der Waals surface area contributed by atoms with Crippen LogP contribution >= 0.6 is 0 Å². The van der Waals surface area contributed by atoms with Crippen molar-refractivity contribution >= 4 is 5.78 Å². The Morgan fingerprint density at radius 2 is 2.08 bits per heavy atom. The monoisotopic (exact) mass is 193 g/mol. The van der Waals surface area contributed by atoms with E-state index in [1.54, 1.807) is 6.92 Å². The average Bonchev–Trinajstić information content (AvgIpc) is 1.85. The van der Waals surface area contributed by atoms with Crippen LogP contribution in [0.1, 0.15) is 23.0 Å². The Bertz CT molecular complexity index is 342. The van der Waals surface area contributed by atoms with Crippen LogP contribution in [0.2, 0.25) is 0 Å². The Morgan fingerprint density at radius 1 is 1.54 bits per heavy atom. The summed E-state index contributed by atoms with van der Waals surface area (Å²) < 4.78 is 4.66. The zero-order chi connectivity index (χ0) is 8.43. The van der Waals surface area contributed by atoms with Crippen LogP contribution in [0, 0.1) is 13.0 Å². The van der Waals surface area contributed by atoms with Crippen molar-refractivity contribution in [2.75, 3.05) is 0 Å². The third kappa shape index (κ3) is 3.87. The number of Topliss-reactive ketones (excluding diaryl/α,β-unsaturated/α-hetero) is 1. The molecule has 0 aliphatic heterocycles. The minimum atomic E-state index is -0.613. The zero-order valence-corrected chi connectivity index (χ0v) is 9.88. The maximum absolute atomic E-state index is 10.9. The van der Waals surface area contributed by atoms with Crippen molar-refractivity contribution in [3.8, 4) is 0 Å². The molecule has 1 rings (SSSR count). The van der Waals surface area contributed by atoms with Gasteiger partial charge in [0.2, 0.25) is 5.63 Å². The van der Waals surface area contributed by atoms with Gasteiger partial charge in [-0.25, -0.2) is 0 Å². The number of ketones is 1. The first-order valence-electron chi connectivity index (χ1n) is 3.14. The molecule has 0 aliphatic carbocycles. The predicted molar refractivity (Wildman–Crippen MR) is 43.4 cm³/mol. The van der Waals surface area contributed by atoms with Gasteiger partial charge in [-0.05, 0) is 19.4 Å². The van der Waals surface area contributed by atoms with Crippen molar-refractivity contribution in [3.63, 3.8) is 0 Å². The molecule has 4 nitrogen and oxygen atoms in total. The van der Waals surface area contributed by atoms with Gasteiger partial charge in [-0.15, -0.1) is 12.1 Å². The molecule has 1 aromatic rings. The first kappa shape index (κ1) is 15.1. The first-order chi connectivity index (χ1) is 5.11. The average molecular weight is 193 g/mol. The number of carbonyl (C=O) groups is 1. The second-order valence-electron chi connectivity index (χ2n) is 2.22. The standard InChI is InChI=1S/C8H7O3.Na.H2O/c1-5-3-4-7(6(2)9)8(10)11-5;;/h3H,1-2H3;;1H2/q-1;+1;/p+1. The fraction of sp³-hybridized carbons (Fsp3) is 0.250. The van der Waals surface area contributed by atoms with Gasteiger partial charge in [0, 0.05) is 5.76 Å². The molecule has 13 heavy (non-hydrogen) atoms. The maximum atomic E-state index is 10.9. The first-order valence-corrected chi connectivity index (χ1v) is 3.14. The molecule has 0 fully saturated rings. The van der Waals surface area contributed by atoms with Gasteiger partial charge in [-0.1, -0.05) is 0 Å². The van der Waals surface area contributed by atoms with E-state index in [0.717, 1.165) is 0 Å². The molecule has 5 heteroatoms. The molecule has 0 aliphatic rings. The van der Waals surface area contributed by atoms with Crippen LogP contribution in [0.5, 0.6) is 0 Å². The fourth-order valence-corrected chi connectivity index (χ4v) is 0.705. The van der Waals surface area contributed by atoms with Crippen LogP contribution < -0.4 is 35.2 Å². The van der Waals surface area contributed by atoms with Crippen LogP contribution in [0.15, 0.2) is 15.3 Å². The normalized spacial score (nSPS) is 8.15. The smallest absolute Gasteiger partial charge is 0.519 e. The van der Waals surface area contributed by atoms with Crippen LogP contribution in [0.3, 0.4) is 0 Å². The van der Waals surface area contributed by atoms with E-state index in [1.807, 2.05) is 0 Å². The van der Waals surface area contributed by atoms with Gasteiger partial charge < -0.3 is 19.5 Å². The molecule has 0 spiro atoms. The number of hydrogen-bond donors (Lipinski definition) is 0. The van der Waals surface area contributed by atoms with Gasteiger partial charge >= 0.3 is 29.6 Å². The maximum Gasteiger partial charge on any atom is 1.00 e. The van der Waals surface area contributed by atoms with E-state index in [4.69, 9.17) is 0 Å². The quantitative estimate of drug-likeness (QED) is 0.207. The Kier molecular flexibility index (Phi) is 7.07. The van der Waals surface area contributed by atoms with Gasteiger partial charge in [0.15, 0.2) is 0 Å². The Labute approximate surface area is 97.5 Å². The molecule has 66 valence electrons. The van der Waals surface area contributed by atoms with Gasteiger partial charge in [-0.2, -0.15) is 0 Å². The molecule has 0 unspecified atom stereocenters. The molecule has 0 aromatic carbocycles. The summed E-state index contributed by atoms with van der Waals surface area (Å²) in [6, 6.07) is 4.02. The Morgan fingerprint density at radius 3 is 2.46 bits per heavy atom. The summed E-state index contributed by atoms with van der Waals surface area (Å²) >= 11 is 0. The SMILES string of the molecule is CC(=O)c1[c-]cc(C)oc1=O.[Na+].[OH3+]. The molecular formula is C8H10NaO4+. The topological polar surface area (TPSA) is 80.3 Å². The molecule has 0 radical (unpaired) electrons. The summed E-state index contributed by atoms with van der Waals surface area (Å²) in [4.78, 5) is 21.5. The Balaban J connectivity index is 0. The van der Waals surface area contributed by atoms with E-state index in [2.05, 4.69) is 10.5 Å². The minimum absolute atomic E-state index is 0. The molecule has 0 amide bonds. The Hall–Kier alpha value is -0.420. The van der Waals surface area contributed by atoms with Crippen molar-refractivity contribution in [2.45, 2.75) is 13.8 Å². The summed E-state index contributed by atoms with van der Waals surface area (Å²) in [6.45, 7) is 2.93. The van der Waals surface area contributed by atoms with E-state index in [9.17, 15) is 9.59 Å². The van der Waals surface area contributed by atoms with Gasteiger partial charge in [0.1, 0.15) is 0 Å². The second-order valence-corrected chi connectivity index (χ2v) is 2.22. The molecule has 0 atom stereocenters. The number of rotatable bonds is 1. The van der Waals surface area contributed by atoms with Crippen molar-refractivity contribution < 1.29 is 44.2 Å². The molecule has 1 heterocycles. The summed E-state index contributed by atoms with van der Waals surface area (Å²) in [5.41, 5.74) is -0.631. The van der Waals surface area contributed by atoms with Crippen LogP contribution in [-0.4, -0.2) is 5.78 Å². The number of carbonyl (C=O) groups excluding carboxylic acids is 1. The van der Waals surface area contributed by atoms with Crippen molar-refractivity contribution in [2.24, 2.45) is 0 Å². The minimum Gasteiger partial charge on any atom is -0.519 e. The largest absolute Gasteiger partial charge is 1.00 e. The van der Waals surface area contributed by atoms with Crippen molar-refractivity contribution in [1.29, 1.82) is 0 Å². The van der Waals surface area contributed by atoms with E-state index in [-0.39, 0.29) is 46.4 Å². The summed E-state index contributed by atoms with van der Waals surface area (Å²) in [5, 5.41) is 0. The molecule has 0 saturated carbocycles. The van der Waals surface area contributed by atoms with Crippen molar-refractivity contribution in [1.82, 2.24) is 0 Å². The van der Waals surface area contributed by atoms with E-state index < -0.39 is 5.63 Å². The van der Waals surface area contributed by atoms with Crippen LogP contribution in [-0.2, 0) is 5.48 Å². The summed E-state index contributed by atoms with van der Waals surface area (Å²) in [6.07, 6.45) is 0. The van der Waals surface area contributed by atoms with Crippen LogP contribution in [0.25, 0.3) is 0 Å². The van der Waals surface area contributed by atoms with Crippen molar-refractivity contribution in [3.05, 3.63) is 33.9 Å². The molecule has 1 aromatic heterocycles. The summed E-state index contributed by atoms with van der Waals surface area (Å²) in [7, 11) is 0. The zero-order valence-electron chi connectivity index (χ0n) is 7.88. The predicted octanol–water partition coefficient (Wildman–Crippen LogP) is -2.97. The summed E-state index contributed by atoms with van der Waals surface area (Å²) in [5.74, 6) is 0.138. The molecule has 0 saturated heterocycles. The molecular weight excluding hydrogens is 183 g/mol. The third-order valence-corrected chi connectivity index (χ3v) is 1.23. The van der Waals surface area contributed by atoms with Gasteiger partial charge in [0.25, 0.3) is 0 Å². The fourth-order valence-electron chi connectivity index (χ4n) is 0.705. The van der Waals surface area contributed by atoms with E-state index in [0.29, 0.717) is 5.76 Å². The second kappa shape index (κ2) is 6.10. The van der Waals surface area contributed by atoms with Gasteiger partial charge in [0.05, 0.1) is 5.78 Å². The van der Waals surface area contributed by atoms with E-state index in [1.165, 1.54) is 13.0 Å². The molecule has 0 bridgehead atoms. The molecule has 3 N–H and O–H groups in total. The van der Waals surface area contributed by atoms with Crippen LogP contribution in [0.4, 0.5) is 0 Å². The number of aryl methyl sites for hydroxylation is 1. The third-order valence-electron chi connectivity index (χ3n) is 1.23.